The number of unbranched alkanes of at least 4 members (excludes halogenated alkanes) is 1. The second kappa shape index (κ2) is 17.2. The lowest BCUT2D eigenvalue weighted by molar-refractivity contribution is -0.130. The van der Waals surface area contributed by atoms with Gasteiger partial charge in [-0.25, -0.2) is 8.78 Å². The molecule has 38 heavy (non-hydrogen) atoms. The van der Waals surface area contributed by atoms with Crippen molar-refractivity contribution in [3.8, 4) is 0 Å². The number of aliphatic hydroxyl groups excluding tert-OH is 1. The Morgan fingerprint density at radius 3 is 2.00 bits per heavy atom. The van der Waals surface area contributed by atoms with Crippen molar-refractivity contribution in [2.75, 3.05) is 6.61 Å². The van der Waals surface area contributed by atoms with Gasteiger partial charge in [0.05, 0.1) is 41.3 Å². The minimum Gasteiger partial charge on any atom is -0.395 e. The lowest BCUT2D eigenvalue weighted by atomic mass is 9.90. The van der Waals surface area contributed by atoms with E-state index in [4.69, 9.17) is 0 Å². The van der Waals surface area contributed by atoms with E-state index < -0.39 is 23.9 Å². The molecule has 1 aliphatic carbocycles. The molecule has 0 amide bonds. The summed E-state index contributed by atoms with van der Waals surface area (Å²) in [7, 11) is 0. The molecular weight excluding hydrogens is 501 g/mol. The maximum atomic E-state index is 13.9. The van der Waals surface area contributed by atoms with Gasteiger partial charge in [0, 0.05) is 19.4 Å². The minimum absolute atomic E-state index is 0.0784. The Bertz CT molecular complexity index is 815. The fourth-order valence-electron chi connectivity index (χ4n) is 4.03. The van der Waals surface area contributed by atoms with E-state index in [0.717, 1.165) is 50.9 Å². The number of alkyl halides is 5. The van der Waals surface area contributed by atoms with E-state index >= 15 is 0 Å². The molecule has 2 aliphatic rings. The summed E-state index contributed by atoms with van der Waals surface area (Å²) in [5.41, 5.74) is 1.96. The van der Waals surface area contributed by atoms with Gasteiger partial charge in [0.15, 0.2) is 0 Å². The van der Waals surface area contributed by atoms with Crippen molar-refractivity contribution in [1.82, 2.24) is 15.3 Å². The van der Waals surface area contributed by atoms with Crippen LogP contribution in [0, 0.1) is 12.3 Å². The first-order valence-electron chi connectivity index (χ1n) is 14.1. The SMILES string of the molecule is C/C(=C\c1ncc(C2CCCCC(CO)N2)nc1C)C1(C(C)(F)F)CC1.CC.CCC(F)(F)F.CCCC. The second-order valence-corrected chi connectivity index (χ2v) is 9.92. The molecule has 0 bridgehead atoms. The molecule has 2 atom stereocenters. The van der Waals surface area contributed by atoms with E-state index in [1.807, 2.05) is 20.8 Å². The van der Waals surface area contributed by atoms with E-state index in [-0.39, 0.29) is 18.7 Å². The molecule has 9 heteroatoms. The molecule has 0 radical (unpaired) electrons. The van der Waals surface area contributed by atoms with Crippen LogP contribution in [0.25, 0.3) is 6.08 Å². The smallest absolute Gasteiger partial charge is 0.388 e. The number of halogens is 5. The number of rotatable bonds is 6. The highest BCUT2D eigenvalue weighted by Gasteiger charge is 2.59. The van der Waals surface area contributed by atoms with Crippen molar-refractivity contribution in [1.29, 1.82) is 0 Å². The molecule has 222 valence electrons. The van der Waals surface area contributed by atoms with Crippen LogP contribution in [0.4, 0.5) is 22.0 Å². The molecular formula is C29H50F5N3O. The highest BCUT2D eigenvalue weighted by molar-refractivity contribution is 5.54. The van der Waals surface area contributed by atoms with Crippen LogP contribution in [0.15, 0.2) is 11.8 Å². The van der Waals surface area contributed by atoms with Gasteiger partial charge in [0.2, 0.25) is 0 Å². The number of nitrogens with zero attached hydrogens (tertiary/aromatic N) is 2. The summed E-state index contributed by atoms with van der Waals surface area (Å²) >= 11 is 0. The third kappa shape index (κ3) is 12.1. The number of allylic oxidation sites excluding steroid dienone is 1. The summed E-state index contributed by atoms with van der Waals surface area (Å²) in [6.45, 7) is 14.2. The zero-order chi connectivity index (χ0) is 29.6. The lowest BCUT2D eigenvalue weighted by Gasteiger charge is -2.24. The Hall–Kier alpha value is -1.61. The highest BCUT2D eigenvalue weighted by atomic mass is 19.4. The van der Waals surface area contributed by atoms with Crippen molar-refractivity contribution in [3.63, 3.8) is 0 Å². The van der Waals surface area contributed by atoms with Crippen molar-refractivity contribution < 1.29 is 27.1 Å². The Kier molecular flexibility index (Phi) is 16.4. The van der Waals surface area contributed by atoms with Crippen molar-refractivity contribution in [2.45, 2.75) is 137 Å². The van der Waals surface area contributed by atoms with Gasteiger partial charge < -0.3 is 10.4 Å². The number of nitrogens with one attached hydrogen (secondary N) is 1. The zero-order valence-corrected chi connectivity index (χ0v) is 24.6. The first-order chi connectivity index (χ1) is 17.7. The Labute approximate surface area is 226 Å². The molecule has 2 unspecified atom stereocenters. The highest BCUT2D eigenvalue weighted by Crippen LogP contribution is 2.61. The normalized spacial score (nSPS) is 20.9. The van der Waals surface area contributed by atoms with Crippen LogP contribution in [-0.2, 0) is 0 Å². The van der Waals surface area contributed by atoms with Gasteiger partial charge in [-0.2, -0.15) is 13.2 Å². The number of aliphatic hydroxyl groups is 1. The first-order valence-corrected chi connectivity index (χ1v) is 14.1. The first kappa shape index (κ1) is 36.4. The zero-order valence-electron chi connectivity index (χ0n) is 24.6. The third-order valence-corrected chi connectivity index (χ3v) is 6.91. The van der Waals surface area contributed by atoms with Crippen molar-refractivity contribution >= 4 is 6.08 Å². The average molecular weight is 552 g/mol. The molecule has 3 rings (SSSR count). The summed E-state index contributed by atoms with van der Waals surface area (Å²) in [6, 6.07) is 0.169. The predicted octanol–water partition coefficient (Wildman–Crippen LogP) is 8.98. The molecule has 2 fully saturated rings. The van der Waals surface area contributed by atoms with E-state index in [2.05, 4.69) is 29.1 Å². The lowest BCUT2D eigenvalue weighted by Crippen LogP contribution is -2.34. The number of aryl methyl sites for hydroxylation is 1. The number of aromatic nitrogens is 2. The van der Waals surface area contributed by atoms with Crippen molar-refractivity contribution in [2.24, 2.45) is 5.41 Å². The summed E-state index contributed by atoms with van der Waals surface area (Å²) in [4.78, 5) is 9.20. The third-order valence-electron chi connectivity index (χ3n) is 6.91. The average Bonchev–Trinajstić information content (AvgIpc) is 3.71. The molecule has 2 heterocycles. The van der Waals surface area contributed by atoms with Crippen LogP contribution in [0.2, 0.25) is 0 Å². The van der Waals surface area contributed by atoms with Crippen LogP contribution >= 0.6 is 0 Å². The van der Waals surface area contributed by atoms with Gasteiger partial charge in [0.1, 0.15) is 0 Å². The Balaban J connectivity index is 0.000000964. The van der Waals surface area contributed by atoms with Crippen LogP contribution in [0.3, 0.4) is 0 Å². The minimum atomic E-state index is -3.96. The van der Waals surface area contributed by atoms with E-state index in [9.17, 15) is 27.1 Å². The van der Waals surface area contributed by atoms with E-state index in [1.54, 1.807) is 19.2 Å². The Morgan fingerprint density at radius 1 is 1.08 bits per heavy atom. The molecule has 0 spiro atoms. The van der Waals surface area contributed by atoms with Gasteiger partial charge in [-0.1, -0.05) is 65.9 Å². The largest absolute Gasteiger partial charge is 0.395 e. The molecule has 4 nitrogen and oxygen atoms in total. The molecule has 2 N–H and O–H groups in total. The molecule has 1 aromatic rings. The van der Waals surface area contributed by atoms with Crippen LogP contribution in [0.5, 0.6) is 0 Å². The van der Waals surface area contributed by atoms with Gasteiger partial charge >= 0.3 is 6.18 Å². The molecule has 0 aromatic carbocycles. The maximum Gasteiger partial charge on any atom is 0.388 e. The fraction of sp³-hybridized carbons (Fsp3) is 0.793. The summed E-state index contributed by atoms with van der Waals surface area (Å²) in [5.74, 6) is -2.71. The molecule has 1 saturated heterocycles. The van der Waals surface area contributed by atoms with Gasteiger partial charge in [-0.15, -0.1) is 0 Å². The summed E-state index contributed by atoms with van der Waals surface area (Å²) in [5, 5.41) is 12.9. The standard InChI is InChI=1S/C20H29F2N3O.C4H10.C3H5F3.C2H6/c1-13(20(8-9-20)19(3,21)22)10-17-14(2)24-18(11-23-17)16-7-5-4-6-15(12-26)25-16;1-3-4-2;1-2-3(4,5)6;1-2/h10-11,15-16,25-26H,4-9,12H2,1-3H3;3-4H2,1-2H3;2H2,1H3;1-2H3/b13-10+;;;. The number of hydrogen-bond donors (Lipinski definition) is 2. The molecule has 1 saturated carbocycles. The molecule has 1 aromatic heterocycles. The fourth-order valence-corrected chi connectivity index (χ4v) is 4.03. The van der Waals surface area contributed by atoms with E-state index in [1.165, 1.54) is 12.8 Å². The van der Waals surface area contributed by atoms with Gasteiger partial charge in [-0.05, 0) is 45.6 Å². The maximum absolute atomic E-state index is 13.9. The number of hydrogen-bond acceptors (Lipinski definition) is 4. The van der Waals surface area contributed by atoms with Crippen LogP contribution in [0.1, 0.15) is 129 Å². The second-order valence-electron chi connectivity index (χ2n) is 9.92. The monoisotopic (exact) mass is 551 g/mol. The summed E-state index contributed by atoms with van der Waals surface area (Å²) < 4.78 is 60.2. The predicted molar refractivity (Wildman–Crippen MR) is 146 cm³/mol. The quantitative estimate of drug-likeness (QED) is 0.347. The van der Waals surface area contributed by atoms with Crippen LogP contribution in [-0.4, -0.2) is 39.8 Å². The van der Waals surface area contributed by atoms with Gasteiger partial charge in [0.25, 0.3) is 5.92 Å². The Morgan fingerprint density at radius 2 is 1.61 bits per heavy atom. The van der Waals surface area contributed by atoms with E-state index in [0.29, 0.717) is 24.1 Å². The van der Waals surface area contributed by atoms with Crippen molar-refractivity contribution in [3.05, 3.63) is 28.9 Å². The molecule has 1 aliphatic heterocycles. The summed E-state index contributed by atoms with van der Waals surface area (Å²) in [6.07, 6.45) is 6.62. The van der Waals surface area contributed by atoms with Gasteiger partial charge in [-0.3, -0.25) is 9.97 Å². The van der Waals surface area contributed by atoms with Crippen LogP contribution < -0.4 is 5.32 Å². The topological polar surface area (TPSA) is 58.0 Å².